The van der Waals surface area contributed by atoms with E-state index in [1.54, 1.807) is 25.1 Å². The lowest BCUT2D eigenvalue weighted by Gasteiger charge is -2.12. The van der Waals surface area contributed by atoms with Crippen LogP contribution in [0.25, 0.3) is 0 Å². The zero-order valence-electron chi connectivity index (χ0n) is 14.4. The van der Waals surface area contributed by atoms with E-state index >= 15 is 0 Å². The van der Waals surface area contributed by atoms with Crippen LogP contribution in [0.15, 0.2) is 30.4 Å². The van der Waals surface area contributed by atoms with Gasteiger partial charge in [0.1, 0.15) is 19.3 Å². The minimum atomic E-state index is -0.595. The van der Waals surface area contributed by atoms with E-state index in [1.807, 2.05) is 0 Å². The molecular formula is C18H22O7. The summed E-state index contributed by atoms with van der Waals surface area (Å²) in [4.78, 5) is 23.2. The van der Waals surface area contributed by atoms with Crippen molar-refractivity contribution in [1.29, 1.82) is 0 Å². The highest BCUT2D eigenvalue weighted by atomic mass is 16.6. The Morgan fingerprint density at radius 3 is 2.68 bits per heavy atom. The van der Waals surface area contributed by atoms with E-state index < -0.39 is 11.9 Å². The minimum absolute atomic E-state index is 0.0529. The van der Waals surface area contributed by atoms with Crippen LogP contribution in [-0.2, 0) is 30.4 Å². The van der Waals surface area contributed by atoms with Crippen molar-refractivity contribution in [2.75, 3.05) is 26.9 Å². The van der Waals surface area contributed by atoms with Crippen molar-refractivity contribution in [2.45, 2.75) is 26.1 Å². The summed E-state index contributed by atoms with van der Waals surface area (Å²) in [6, 6.07) is 5.26. The van der Waals surface area contributed by atoms with Crippen molar-refractivity contribution in [3.63, 3.8) is 0 Å². The molecule has 1 atom stereocenters. The molecule has 2 rings (SSSR count). The van der Waals surface area contributed by atoms with E-state index in [0.29, 0.717) is 24.7 Å². The number of benzene rings is 1. The smallest absolute Gasteiger partial charge is 0.333 e. The number of hydrogen-bond acceptors (Lipinski definition) is 7. The summed E-state index contributed by atoms with van der Waals surface area (Å²) in [5, 5.41) is 0. The normalized spacial score (nSPS) is 15.2. The first-order chi connectivity index (χ1) is 12.0. The molecule has 0 saturated carbocycles. The quantitative estimate of drug-likeness (QED) is 0.363. The predicted octanol–water partition coefficient (Wildman–Crippen LogP) is 2.03. The molecule has 1 fully saturated rings. The molecule has 7 nitrogen and oxygen atoms in total. The first-order valence-corrected chi connectivity index (χ1v) is 7.95. The van der Waals surface area contributed by atoms with Crippen LogP contribution in [0.5, 0.6) is 11.5 Å². The van der Waals surface area contributed by atoms with Crippen molar-refractivity contribution in [1.82, 2.24) is 0 Å². The van der Waals surface area contributed by atoms with Crippen LogP contribution in [0.1, 0.15) is 18.9 Å². The highest BCUT2D eigenvalue weighted by Gasteiger charge is 2.23. The Hall–Kier alpha value is -2.54. The average molecular weight is 350 g/mol. The van der Waals surface area contributed by atoms with Crippen LogP contribution >= 0.6 is 0 Å². The van der Waals surface area contributed by atoms with E-state index in [1.165, 1.54) is 7.11 Å². The molecule has 1 heterocycles. The molecule has 1 saturated heterocycles. The third kappa shape index (κ3) is 6.11. The van der Waals surface area contributed by atoms with Crippen molar-refractivity contribution in [3.8, 4) is 11.5 Å². The lowest BCUT2D eigenvalue weighted by atomic mass is 10.2. The summed E-state index contributed by atoms with van der Waals surface area (Å²) in [5.74, 6) is -0.000565. The van der Waals surface area contributed by atoms with Gasteiger partial charge < -0.3 is 23.7 Å². The van der Waals surface area contributed by atoms with Gasteiger partial charge in [-0.2, -0.15) is 0 Å². The van der Waals surface area contributed by atoms with Gasteiger partial charge in [-0.3, -0.25) is 4.79 Å². The van der Waals surface area contributed by atoms with E-state index in [2.05, 4.69) is 6.58 Å². The zero-order chi connectivity index (χ0) is 18.2. The predicted molar refractivity (Wildman–Crippen MR) is 88.4 cm³/mol. The molecule has 25 heavy (non-hydrogen) atoms. The molecule has 7 heteroatoms. The molecule has 0 radical (unpaired) electrons. The molecule has 0 bridgehead atoms. The summed E-state index contributed by atoms with van der Waals surface area (Å²) < 4.78 is 25.9. The number of hydrogen-bond donors (Lipinski definition) is 0. The van der Waals surface area contributed by atoms with Gasteiger partial charge in [-0.05, 0) is 24.6 Å². The topological polar surface area (TPSA) is 83.6 Å². The van der Waals surface area contributed by atoms with Crippen LogP contribution < -0.4 is 9.47 Å². The van der Waals surface area contributed by atoms with E-state index in [9.17, 15) is 9.59 Å². The molecule has 1 aromatic carbocycles. The molecule has 0 spiro atoms. The minimum Gasteiger partial charge on any atom is -0.493 e. The van der Waals surface area contributed by atoms with Gasteiger partial charge in [-0.25, -0.2) is 4.79 Å². The molecule has 0 aromatic heterocycles. The molecule has 0 N–H and O–H groups in total. The number of rotatable bonds is 10. The second-order valence-electron chi connectivity index (χ2n) is 5.41. The van der Waals surface area contributed by atoms with Crippen molar-refractivity contribution >= 4 is 11.9 Å². The summed E-state index contributed by atoms with van der Waals surface area (Å²) in [7, 11) is 1.54. The first kappa shape index (κ1) is 18.8. The number of methoxy groups -OCH3 is 1. The van der Waals surface area contributed by atoms with Gasteiger partial charge in [0.05, 0.1) is 26.7 Å². The Morgan fingerprint density at radius 1 is 1.28 bits per heavy atom. The van der Waals surface area contributed by atoms with E-state index in [-0.39, 0.29) is 31.3 Å². The lowest BCUT2D eigenvalue weighted by molar-refractivity contribution is -0.147. The van der Waals surface area contributed by atoms with Gasteiger partial charge in [-0.1, -0.05) is 12.6 Å². The Kier molecular flexibility index (Phi) is 6.82. The summed E-state index contributed by atoms with van der Waals surface area (Å²) >= 11 is 0. The maximum atomic E-state index is 11.8. The molecular weight excluding hydrogens is 328 g/mol. The molecule has 0 amide bonds. The van der Waals surface area contributed by atoms with Crippen LogP contribution in [0.3, 0.4) is 0 Å². The first-order valence-electron chi connectivity index (χ1n) is 7.95. The van der Waals surface area contributed by atoms with Crippen molar-refractivity contribution in [3.05, 3.63) is 35.9 Å². The maximum absolute atomic E-state index is 11.8. The van der Waals surface area contributed by atoms with Gasteiger partial charge in [0, 0.05) is 5.57 Å². The number of carbonyl (C=O) groups excluding carboxylic acids is 2. The number of esters is 2. The largest absolute Gasteiger partial charge is 0.493 e. The average Bonchev–Trinajstić information content (AvgIpc) is 3.43. The molecule has 0 aliphatic carbocycles. The van der Waals surface area contributed by atoms with Crippen LogP contribution in [0.2, 0.25) is 0 Å². The summed E-state index contributed by atoms with van der Waals surface area (Å²) in [6.07, 6.45) is -0.0590. The molecule has 1 unspecified atom stereocenters. The molecule has 1 aromatic rings. The Balaban J connectivity index is 1.83. The highest BCUT2D eigenvalue weighted by Crippen LogP contribution is 2.29. The summed E-state index contributed by atoms with van der Waals surface area (Å²) in [6.45, 7) is 6.68. The summed E-state index contributed by atoms with van der Waals surface area (Å²) in [5.41, 5.74) is 0.803. The number of ether oxygens (including phenoxy) is 5. The van der Waals surface area contributed by atoms with Crippen LogP contribution in [0, 0.1) is 0 Å². The van der Waals surface area contributed by atoms with Crippen LogP contribution in [0.4, 0.5) is 0 Å². The second-order valence-corrected chi connectivity index (χ2v) is 5.41. The van der Waals surface area contributed by atoms with E-state index in [0.717, 1.165) is 5.56 Å². The van der Waals surface area contributed by atoms with Crippen molar-refractivity contribution < 1.29 is 33.3 Å². The standard InChI is InChI=1S/C18H22O7/c1-4-22-18(20)12(2)7-17(19)25-9-13-5-6-15(16(8-13)21-3)24-11-14-10-23-14/h5-6,8,14H,2,4,7,9-11H2,1,3H3. The Morgan fingerprint density at radius 2 is 2.04 bits per heavy atom. The maximum Gasteiger partial charge on any atom is 0.333 e. The van der Waals surface area contributed by atoms with Crippen LogP contribution in [-0.4, -0.2) is 45.0 Å². The van der Waals surface area contributed by atoms with Gasteiger partial charge in [0.15, 0.2) is 11.5 Å². The van der Waals surface area contributed by atoms with Gasteiger partial charge in [0.2, 0.25) is 0 Å². The zero-order valence-corrected chi connectivity index (χ0v) is 14.4. The van der Waals surface area contributed by atoms with Gasteiger partial charge in [-0.15, -0.1) is 0 Å². The second kappa shape index (κ2) is 9.08. The monoisotopic (exact) mass is 350 g/mol. The third-order valence-electron chi connectivity index (χ3n) is 3.38. The fraction of sp³-hybridized carbons (Fsp3) is 0.444. The number of carbonyl (C=O) groups is 2. The fourth-order valence-electron chi connectivity index (χ4n) is 1.96. The molecule has 1 aliphatic rings. The van der Waals surface area contributed by atoms with Gasteiger partial charge in [0.25, 0.3) is 0 Å². The van der Waals surface area contributed by atoms with Gasteiger partial charge >= 0.3 is 11.9 Å². The fourth-order valence-corrected chi connectivity index (χ4v) is 1.96. The molecule has 136 valence electrons. The number of epoxide rings is 1. The third-order valence-corrected chi connectivity index (χ3v) is 3.38. The Labute approximate surface area is 146 Å². The van der Waals surface area contributed by atoms with Crippen molar-refractivity contribution in [2.24, 2.45) is 0 Å². The van der Waals surface area contributed by atoms with E-state index in [4.69, 9.17) is 23.7 Å². The lowest BCUT2D eigenvalue weighted by Crippen LogP contribution is -2.13. The molecule has 1 aliphatic heterocycles. The Bertz CT molecular complexity index is 634. The highest BCUT2D eigenvalue weighted by molar-refractivity contribution is 5.93. The SMILES string of the molecule is C=C(CC(=O)OCc1ccc(OCC2CO2)c(OC)c1)C(=O)OCC.